The molecule has 7 nitrogen and oxygen atoms in total. The molecule has 8 heteroatoms. The van der Waals surface area contributed by atoms with Crippen LogP contribution in [0, 0.1) is 5.82 Å². The number of nitrogens with one attached hydrogen (secondary N) is 1. The lowest BCUT2D eigenvalue weighted by molar-refractivity contribution is -0.117. The number of benzene rings is 1. The predicted molar refractivity (Wildman–Crippen MR) is 85.9 cm³/mol. The summed E-state index contributed by atoms with van der Waals surface area (Å²) in [6, 6.07) is 6.92. The van der Waals surface area contributed by atoms with Gasteiger partial charge in [0, 0.05) is 12.2 Å². The molecular formula is C16H17FN4O3. The average Bonchev–Trinajstić information content (AvgIpc) is 2.96. The van der Waals surface area contributed by atoms with Gasteiger partial charge in [-0.3, -0.25) is 4.79 Å². The van der Waals surface area contributed by atoms with Crippen LogP contribution in [0.15, 0.2) is 30.3 Å². The molecule has 2 aromatic rings. The number of anilines is 2. The van der Waals surface area contributed by atoms with Crippen molar-refractivity contribution in [2.75, 3.05) is 31.0 Å². The number of methoxy groups -OCH3 is 2. The Morgan fingerprint density at radius 2 is 1.79 bits per heavy atom. The fourth-order valence-electron chi connectivity index (χ4n) is 2.52. The summed E-state index contributed by atoms with van der Waals surface area (Å²) in [7, 11) is 2.98. The Balaban J connectivity index is 1.75. The minimum Gasteiger partial charge on any atom is -0.481 e. The number of amides is 1. The maximum atomic E-state index is 13.0. The lowest BCUT2D eigenvalue weighted by Gasteiger charge is -2.17. The monoisotopic (exact) mass is 332 g/mol. The molecule has 1 aliphatic heterocycles. The molecule has 1 fully saturated rings. The van der Waals surface area contributed by atoms with Crippen LogP contribution in [0.2, 0.25) is 0 Å². The molecule has 1 amide bonds. The van der Waals surface area contributed by atoms with Gasteiger partial charge in [0.2, 0.25) is 23.6 Å². The standard InChI is InChI=1S/C16H17FN4O3/c1-23-13-9-14(24-2)20-16(19-13)18-12-7-8-21(15(12)22)11-5-3-10(17)4-6-11/h3-6,9,12H,7-8H2,1-2H3,(H,18,19,20). The summed E-state index contributed by atoms with van der Waals surface area (Å²) >= 11 is 0. The Labute approximate surface area is 138 Å². The highest BCUT2D eigenvalue weighted by Gasteiger charge is 2.33. The smallest absolute Gasteiger partial charge is 0.249 e. The summed E-state index contributed by atoms with van der Waals surface area (Å²) in [5.41, 5.74) is 0.662. The highest BCUT2D eigenvalue weighted by atomic mass is 19.1. The van der Waals surface area contributed by atoms with E-state index in [2.05, 4.69) is 15.3 Å². The van der Waals surface area contributed by atoms with E-state index in [-0.39, 0.29) is 17.7 Å². The average molecular weight is 332 g/mol. The van der Waals surface area contributed by atoms with Crippen molar-refractivity contribution in [1.29, 1.82) is 0 Å². The van der Waals surface area contributed by atoms with Crippen molar-refractivity contribution >= 4 is 17.5 Å². The highest BCUT2D eigenvalue weighted by Crippen LogP contribution is 2.24. The maximum Gasteiger partial charge on any atom is 0.249 e. The Hall–Kier alpha value is -2.90. The van der Waals surface area contributed by atoms with Gasteiger partial charge >= 0.3 is 0 Å². The molecule has 1 N–H and O–H groups in total. The molecule has 1 aromatic heterocycles. The summed E-state index contributed by atoms with van der Waals surface area (Å²) < 4.78 is 23.2. The fraction of sp³-hybridized carbons (Fsp3) is 0.312. The second kappa shape index (κ2) is 6.69. The minimum atomic E-state index is -0.466. The zero-order valence-electron chi connectivity index (χ0n) is 13.3. The van der Waals surface area contributed by atoms with Gasteiger partial charge in [0.15, 0.2) is 0 Å². The molecule has 1 saturated heterocycles. The number of ether oxygens (including phenoxy) is 2. The van der Waals surface area contributed by atoms with Crippen LogP contribution in [-0.4, -0.2) is 42.7 Å². The molecule has 126 valence electrons. The van der Waals surface area contributed by atoms with Crippen molar-refractivity contribution < 1.29 is 18.7 Å². The molecule has 1 atom stereocenters. The molecule has 0 radical (unpaired) electrons. The maximum absolute atomic E-state index is 13.0. The number of hydrogen-bond donors (Lipinski definition) is 1. The molecule has 1 aliphatic rings. The van der Waals surface area contributed by atoms with Crippen LogP contribution in [0.4, 0.5) is 16.0 Å². The molecule has 24 heavy (non-hydrogen) atoms. The van der Waals surface area contributed by atoms with Crippen LogP contribution in [0.25, 0.3) is 0 Å². The first kappa shape index (κ1) is 16.0. The van der Waals surface area contributed by atoms with Crippen LogP contribution < -0.4 is 19.7 Å². The van der Waals surface area contributed by atoms with E-state index in [1.54, 1.807) is 23.1 Å². The third kappa shape index (κ3) is 3.22. The van der Waals surface area contributed by atoms with Gasteiger partial charge in [-0.25, -0.2) is 4.39 Å². The summed E-state index contributed by atoms with van der Waals surface area (Å²) in [5.74, 6) is 0.477. The normalized spacial score (nSPS) is 17.0. The minimum absolute atomic E-state index is 0.119. The predicted octanol–water partition coefficient (Wildman–Crippen LogP) is 1.85. The lowest BCUT2D eigenvalue weighted by atomic mass is 10.2. The summed E-state index contributed by atoms with van der Waals surface area (Å²) in [6.07, 6.45) is 0.582. The van der Waals surface area contributed by atoms with E-state index < -0.39 is 6.04 Å². The topological polar surface area (TPSA) is 76.6 Å². The Kier molecular flexibility index (Phi) is 4.45. The molecule has 2 heterocycles. The van der Waals surface area contributed by atoms with E-state index in [0.717, 1.165) is 0 Å². The van der Waals surface area contributed by atoms with Crippen LogP contribution in [0.1, 0.15) is 6.42 Å². The van der Waals surface area contributed by atoms with Crippen LogP contribution in [-0.2, 0) is 4.79 Å². The first-order valence-corrected chi connectivity index (χ1v) is 7.41. The molecule has 0 aliphatic carbocycles. The number of halogens is 1. The van der Waals surface area contributed by atoms with Crippen LogP contribution in [0.5, 0.6) is 11.8 Å². The molecular weight excluding hydrogens is 315 g/mol. The second-order valence-corrected chi connectivity index (χ2v) is 5.23. The van der Waals surface area contributed by atoms with Crippen molar-refractivity contribution in [1.82, 2.24) is 9.97 Å². The van der Waals surface area contributed by atoms with Crippen LogP contribution >= 0.6 is 0 Å². The van der Waals surface area contributed by atoms with Crippen LogP contribution in [0.3, 0.4) is 0 Å². The number of carbonyl (C=O) groups is 1. The van der Waals surface area contributed by atoms with Gasteiger partial charge in [0.1, 0.15) is 11.9 Å². The van der Waals surface area contributed by atoms with E-state index in [1.807, 2.05) is 0 Å². The summed E-state index contributed by atoms with van der Waals surface area (Å²) in [5, 5.41) is 3.00. The van der Waals surface area contributed by atoms with E-state index >= 15 is 0 Å². The van der Waals surface area contributed by atoms with Crippen molar-refractivity contribution in [2.45, 2.75) is 12.5 Å². The van der Waals surface area contributed by atoms with E-state index in [9.17, 15) is 9.18 Å². The van der Waals surface area contributed by atoms with Gasteiger partial charge in [0.05, 0.1) is 20.3 Å². The number of rotatable bonds is 5. The van der Waals surface area contributed by atoms with Crippen molar-refractivity contribution in [3.8, 4) is 11.8 Å². The molecule has 1 unspecified atom stereocenters. The van der Waals surface area contributed by atoms with Gasteiger partial charge < -0.3 is 19.7 Å². The number of carbonyl (C=O) groups excluding carboxylic acids is 1. The number of hydrogen-bond acceptors (Lipinski definition) is 6. The largest absolute Gasteiger partial charge is 0.481 e. The van der Waals surface area contributed by atoms with Gasteiger partial charge in [-0.05, 0) is 30.7 Å². The Morgan fingerprint density at radius 1 is 1.17 bits per heavy atom. The lowest BCUT2D eigenvalue weighted by Crippen LogP contribution is -2.33. The Bertz CT molecular complexity index is 716. The SMILES string of the molecule is COc1cc(OC)nc(NC2CCN(c3ccc(F)cc3)C2=O)n1. The van der Waals surface area contributed by atoms with Gasteiger partial charge in [0.25, 0.3) is 0 Å². The third-order valence-electron chi connectivity index (χ3n) is 3.74. The summed E-state index contributed by atoms with van der Waals surface area (Å²) in [4.78, 5) is 22.5. The van der Waals surface area contributed by atoms with Crippen molar-refractivity contribution in [2.24, 2.45) is 0 Å². The molecule has 3 rings (SSSR count). The zero-order chi connectivity index (χ0) is 17.1. The first-order valence-electron chi connectivity index (χ1n) is 7.41. The van der Waals surface area contributed by atoms with Crippen molar-refractivity contribution in [3.05, 3.63) is 36.1 Å². The molecule has 1 aromatic carbocycles. The second-order valence-electron chi connectivity index (χ2n) is 5.23. The molecule has 0 spiro atoms. The highest BCUT2D eigenvalue weighted by molar-refractivity contribution is 6.00. The van der Waals surface area contributed by atoms with Crippen molar-refractivity contribution in [3.63, 3.8) is 0 Å². The molecule has 0 saturated carbocycles. The van der Waals surface area contributed by atoms with E-state index in [4.69, 9.17) is 9.47 Å². The number of aromatic nitrogens is 2. The van der Waals surface area contributed by atoms with Gasteiger partial charge in [-0.2, -0.15) is 9.97 Å². The Morgan fingerprint density at radius 3 is 2.38 bits per heavy atom. The molecule has 0 bridgehead atoms. The number of nitrogens with zero attached hydrogens (tertiary/aromatic N) is 3. The van der Waals surface area contributed by atoms with E-state index in [1.165, 1.54) is 26.4 Å². The summed E-state index contributed by atoms with van der Waals surface area (Å²) in [6.45, 7) is 0.531. The fourth-order valence-corrected chi connectivity index (χ4v) is 2.52. The van der Waals surface area contributed by atoms with Gasteiger partial charge in [-0.15, -0.1) is 0 Å². The zero-order valence-corrected chi connectivity index (χ0v) is 13.3. The third-order valence-corrected chi connectivity index (χ3v) is 3.74. The quantitative estimate of drug-likeness (QED) is 0.900. The first-order chi connectivity index (χ1) is 11.6. The van der Waals surface area contributed by atoms with E-state index in [0.29, 0.717) is 30.4 Å². The van der Waals surface area contributed by atoms with Gasteiger partial charge in [-0.1, -0.05) is 0 Å².